The molecule has 1 aliphatic heterocycles. The molecule has 1 saturated heterocycles. The molecule has 0 amide bonds. The molecule has 0 saturated carbocycles. The number of aryl methyl sites for hydroxylation is 1. The van der Waals surface area contributed by atoms with Gasteiger partial charge < -0.3 is 5.32 Å². The molecule has 1 aromatic carbocycles. The Morgan fingerprint density at radius 2 is 2.00 bits per heavy atom. The first-order valence-corrected chi connectivity index (χ1v) is 7.33. The van der Waals surface area contributed by atoms with Crippen molar-refractivity contribution in [1.82, 2.24) is 10.2 Å². The van der Waals surface area contributed by atoms with E-state index in [2.05, 4.69) is 57.8 Å². The fourth-order valence-corrected chi connectivity index (χ4v) is 3.28. The zero-order chi connectivity index (χ0) is 13.0. The van der Waals surface area contributed by atoms with Crippen LogP contribution in [-0.4, -0.2) is 31.1 Å². The smallest absolute Gasteiger partial charge is 0.0394 e. The summed E-state index contributed by atoms with van der Waals surface area (Å²) in [5.41, 5.74) is 2.67. The highest BCUT2D eigenvalue weighted by Gasteiger charge is 2.22. The van der Waals surface area contributed by atoms with Crippen molar-refractivity contribution in [2.24, 2.45) is 0 Å². The van der Waals surface area contributed by atoms with Gasteiger partial charge in [-0.05, 0) is 30.5 Å². The standard InChI is InChI=1S/C15H21BrN2.2ClH/c1-3-4-15(18-9-7-17-8-10-18)13-6-5-12(2)11-14(13)16;;/h3,5-6,11,15,17H,1,4,7-10H2,2H3;2*1H/t15-;;/m0../s1. The zero-order valence-electron chi connectivity index (χ0n) is 11.8. The molecule has 0 aromatic heterocycles. The second kappa shape index (κ2) is 9.80. The van der Waals surface area contributed by atoms with Crippen LogP contribution in [-0.2, 0) is 0 Å². The van der Waals surface area contributed by atoms with Crippen LogP contribution in [0.2, 0.25) is 0 Å². The van der Waals surface area contributed by atoms with Crippen molar-refractivity contribution < 1.29 is 0 Å². The Labute approximate surface area is 143 Å². The van der Waals surface area contributed by atoms with Gasteiger partial charge in [-0.15, -0.1) is 31.4 Å². The molecule has 0 spiro atoms. The third-order valence-corrected chi connectivity index (χ3v) is 4.18. The van der Waals surface area contributed by atoms with Gasteiger partial charge in [0.05, 0.1) is 0 Å². The second-order valence-corrected chi connectivity index (χ2v) is 5.71. The highest BCUT2D eigenvalue weighted by atomic mass is 79.9. The molecule has 1 fully saturated rings. The van der Waals surface area contributed by atoms with E-state index in [-0.39, 0.29) is 24.8 Å². The summed E-state index contributed by atoms with van der Waals surface area (Å²) in [6.45, 7) is 10.4. The van der Waals surface area contributed by atoms with Crippen molar-refractivity contribution in [3.8, 4) is 0 Å². The van der Waals surface area contributed by atoms with E-state index in [9.17, 15) is 0 Å². The van der Waals surface area contributed by atoms with Crippen LogP contribution in [0.4, 0.5) is 0 Å². The Bertz CT molecular complexity index is 420. The van der Waals surface area contributed by atoms with E-state index in [1.807, 2.05) is 6.08 Å². The summed E-state index contributed by atoms with van der Waals surface area (Å²) >= 11 is 3.71. The van der Waals surface area contributed by atoms with Crippen LogP contribution < -0.4 is 5.32 Å². The lowest BCUT2D eigenvalue weighted by Gasteiger charge is -2.35. The van der Waals surface area contributed by atoms with E-state index < -0.39 is 0 Å². The maximum absolute atomic E-state index is 3.91. The van der Waals surface area contributed by atoms with Crippen LogP contribution >= 0.6 is 40.7 Å². The number of hydrogen-bond donors (Lipinski definition) is 1. The minimum absolute atomic E-state index is 0. The first-order chi connectivity index (χ1) is 8.72. The van der Waals surface area contributed by atoms with E-state index >= 15 is 0 Å². The maximum atomic E-state index is 3.91. The molecule has 1 N–H and O–H groups in total. The minimum Gasteiger partial charge on any atom is -0.314 e. The molecule has 2 nitrogen and oxygen atoms in total. The first-order valence-electron chi connectivity index (χ1n) is 6.54. The molecule has 0 unspecified atom stereocenters. The number of nitrogens with one attached hydrogen (secondary N) is 1. The largest absolute Gasteiger partial charge is 0.314 e. The third kappa shape index (κ3) is 5.05. The molecular formula is C15H23BrCl2N2. The molecule has 1 heterocycles. The summed E-state index contributed by atoms with van der Waals surface area (Å²) in [5, 5.41) is 3.41. The van der Waals surface area contributed by atoms with E-state index in [1.54, 1.807) is 0 Å². The molecule has 1 atom stereocenters. The Morgan fingerprint density at radius 3 is 2.55 bits per heavy atom. The van der Waals surface area contributed by atoms with Crippen molar-refractivity contribution in [3.63, 3.8) is 0 Å². The van der Waals surface area contributed by atoms with Gasteiger partial charge >= 0.3 is 0 Å². The number of rotatable bonds is 4. The molecule has 1 aromatic rings. The van der Waals surface area contributed by atoms with Gasteiger partial charge in [-0.2, -0.15) is 0 Å². The van der Waals surface area contributed by atoms with Crippen molar-refractivity contribution in [3.05, 3.63) is 46.5 Å². The summed E-state index contributed by atoms with van der Waals surface area (Å²) in [6, 6.07) is 7.08. The lowest BCUT2D eigenvalue weighted by atomic mass is 10.00. The lowest BCUT2D eigenvalue weighted by molar-refractivity contribution is 0.174. The first kappa shape index (κ1) is 19.9. The van der Waals surface area contributed by atoms with E-state index in [0.29, 0.717) is 6.04 Å². The monoisotopic (exact) mass is 380 g/mol. The van der Waals surface area contributed by atoms with Crippen LogP contribution in [0.25, 0.3) is 0 Å². The van der Waals surface area contributed by atoms with E-state index in [4.69, 9.17) is 0 Å². The van der Waals surface area contributed by atoms with E-state index in [0.717, 1.165) is 32.6 Å². The Kier molecular flexibility index (Phi) is 9.77. The molecule has 114 valence electrons. The number of nitrogens with zero attached hydrogens (tertiary/aromatic N) is 1. The number of hydrogen-bond acceptors (Lipinski definition) is 2. The van der Waals surface area contributed by atoms with Crippen molar-refractivity contribution >= 4 is 40.7 Å². The van der Waals surface area contributed by atoms with Gasteiger partial charge in [0.1, 0.15) is 0 Å². The quantitative estimate of drug-likeness (QED) is 0.789. The zero-order valence-corrected chi connectivity index (χ0v) is 15.0. The summed E-state index contributed by atoms with van der Waals surface area (Å²) < 4.78 is 1.22. The molecule has 0 radical (unpaired) electrons. The number of piperazine rings is 1. The molecular weight excluding hydrogens is 359 g/mol. The summed E-state index contributed by atoms with van der Waals surface area (Å²) in [6.07, 6.45) is 3.03. The average molecular weight is 382 g/mol. The maximum Gasteiger partial charge on any atom is 0.0394 e. The average Bonchev–Trinajstić information content (AvgIpc) is 2.38. The van der Waals surface area contributed by atoms with Crippen LogP contribution in [0.15, 0.2) is 35.3 Å². The molecule has 0 aliphatic carbocycles. The summed E-state index contributed by atoms with van der Waals surface area (Å²) in [7, 11) is 0. The van der Waals surface area contributed by atoms with Crippen LogP contribution in [0.5, 0.6) is 0 Å². The van der Waals surface area contributed by atoms with Gasteiger partial charge in [-0.25, -0.2) is 0 Å². The van der Waals surface area contributed by atoms with Crippen LogP contribution in [0, 0.1) is 6.92 Å². The Balaban J connectivity index is 0.00000180. The molecule has 5 heteroatoms. The lowest BCUT2D eigenvalue weighted by Crippen LogP contribution is -2.45. The SMILES string of the molecule is C=CC[C@@H](c1ccc(C)cc1Br)N1CCNCC1.Cl.Cl. The highest BCUT2D eigenvalue weighted by molar-refractivity contribution is 9.10. The van der Waals surface area contributed by atoms with Gasteiger partial charge in [0.15, 0.2) is 0 Å². The van der Waals surface area contributed by atoms with Gasteiger partial charge in [0.2, 0.25) is 0 Å². The van der Waals surface area contributed by atoms with Crippen molar-refractivity contribution in [1.29, 1.82) is 0 Å². The predicted octanol–water partition coefficient (Wildman–Crippen LogP) is 4.12. The minimum atomic E-state index is 0. The normalized spacial score (nSPS) is 16.7. The topological polar surface area (TPSA) is 15.3 Å². The van der Waals surface area contributed by atoms with Crippen LogP contribution in [0.1, 0.15) is 23.6 Å². The molecule has 0 bridgehead atoms. The van der Waals surface area contributed by atoms with Crippen LogP contribution in [0.3, 0.4) is 0 Å². The third-order valence-electron chi connectivity index (χ3n) is 3.50. The van der Waals surface area contributed by atoms with Gasteiger partial charge in [0.25, 0.3) is 0 Å². The fourth-order valence-electron chi connectivity index (χ4n) is 2.53. The number of benzene rings is 1. The van der Waals surface area contributed by atoms with Gasteiger partial charge in [0, 0.05) is 36.7 Å². The Morgan fingerprint density at radius 1 is 1.35 bits per heavy atom. The fraction of sp³-hybridized carbons (Fsp3) is 0.467. The second-order valence-electron chi connectivity index (χ2n) is 4.85. The molecule has 1 aliphatic rings. The summed E-state index contributed by atoms with van der Waals surface area (Å²) in [4.78, 5) is 2.55. The van der Waals surface area contributed by atoms with Crippen molar-refractivity contribution in [2.45, 2.75) is 19.4 Å². The van der Waals surface area contributed by atoms with Gasteiger partial charge in [-0.3, -0.25) is 4.90 Å². The predicted molar refractivity (Wildman–Crippen MR) is 95.4 cm³/mol. The summed E-state index contributed by atoms with van der Waals surface area (Å²) in [5.74, 6) is 0. The number of halogens is 3. The van der Waals surface area contributed by atoms with Crippen molar-refractivity contribution in [2.75, 3.05) is 26.2 Å². The molecule has 20 heavy (non-hydrogen) atoms. The highest BCUT2D eigenvalue weighted by Crippen LogP contribution is 2.31. The molecule has 2 rings (SSSR count). The Hall–Kier alpha value is -0.0600. The van der Waals surface area contributed by atoms with E-state index in [1.165, 1.54) is 15.6 Å². The van der Waals surface area contributed by atoms with Gasteiger partial charge in [-0.1, -0.05) is 34.1 Å².